The molecule has 0 bridgehead atoms. The van der Waals surface area contributed by atoms with E-state index in [0.717, 1.165) is 0 Å². The fraction of sp³-hybridized carbons (Fsp3) is 0. The molecule has 0 N–H and O–H groups in total. The smallest absolute Gasteiger partial charge is 0 e. The third-order valence-corrected chi connectivity index (χ3v) is 0. The average molecular weight is 207 g/mol. The van der Waals surface area contributed by atoms with Gasteiger partial charge in [-0.25, -0.2) is 0 Å². The maximum atomic E-state index is 0. The first-order chi connectivity index (χ1) is 0. The molecule has 0 aliphatic heterocycles. The molecule has 0 aromatic carbocycles. The van der Waals surface area contributed by atoms with Crippen LogP contribution in [0, 0.1) is 38.6 Å². The van der Waals surface area contributed by atoms with Crippen LogP contribution in [0.15, 0.2) is 0 Å². The van der Waals surface area contributed by atoms with Crippen molar-refractivity contribution in [2.45, 2.75) is 0 Å². The minimum Gasteiger partial charge on any atom is 0 e. The molecule has 0 atom stereocenters. The molecule has 0 heterocycles. The SMILES string of the molecule is F.F.[LiH].[Tb]. The summed E-state index contributed by atoms with van der Waals surface area (Å²) in [4.78, 5) is 0. The van der Waals surface area contributed by atoms with Crippen LogP contribution >= 0.6 is 0 Å². The Kier molecular flexibility index (Phi) is 233. The van der Waals surface area contributed by atoms with Crippen molar-refractivity contribution in [3.63, 3.8) is 0 Å². The van der Waals surface area contributed by atoms with Gasteiger partial charge in [0, 0.05) is 38.6 Å². The summed E-state index contributed by atoms with van der Waals surface area (Å²) in [6.45, 7) is 0. The van der Waals surface area contributed by atoms with Gasteiger partial charge in [0.2, 0.25) is 0 Å². The predicted molar refractivity (Wildman–Crippen MR) is 12.2 cm³/mol. The van der Waals surface area contributed by atoms with Gasteiger partial charge in [-0.1, -0.05) is 0 Å². The Balaban J connectivity index is 0. The van der Waals surface area contributed by atoms with Gasteiger partial charge in [-0.3, -0.25) is 9.41 Å². The number of halogens is 2. The summed E-state index contributed by atoms with van der Waals surface area (Å²) >= 11 is 0. The Morgan fingerprint density at radius 1 is 0.750 bits per heavy atom. The Bertz CT molecular complexity index is 6.00. The Morgan fingerprint density at radius 2 is 0.750 bits per heavy atom. The van der Waals surface area contributed by atoms with E-state index in [0.29, 0.717) is 0 Å². The summed E-state index contributed by atoms with van der Waals surface area (Å²) in [7, 11) is 0. The van der Waals surface area contributed by atoms with Gasteiger partial charge in [0.05, 0.1) is 0 Å². The van der Waals surface area contributed by atoms with Crippen molar-refractivity contribution in [2.75, 3.05) is 0 Å². The first kappa shape index (κ1) is 42.5. The van der Waals surface area contributed by atoms with Crippen LogP contribution in [0.4, 0.5) is 9.41 Å². The topological polar surface area (TPSA) is 0 Å². The second-order valence-corrected chi connectivity index (χ2v) is 0. The van der Waals surface area contributed by atoms with Crippen LogP contribution in [0.25, 0.3) is 0 Å². The molecule has 4 heteroatoms. The van der Waals surface area contributed by atoms with Crippen molar-refractivity contribution in [3.05, 3.63) is 0 Å². The molecule has 0 saturated heterocycles. The van der Waals surface area contributed by atoms with E-state index >= 15 is 0 Å². The van der Waals surface area contributed by atoms with Crippen LogP contribution in [0.3, 0.4) is 0 Å². The molecule has 0 aromatic rings. The van der Waals surface area contributed by atoms with E-state index in [9.17, 15) is 0 Å². The molecule has 0 nitrogen and oxygen atoms in total. The van der Waals surface area contributed by atoms with Crippen molar-refractivity contribution in [1.29, 1.82) is 0 Å². The van der Waals surface area contributed by atoms with Gasteiger partial charge in [0.15, 0.2) is 0 Å². The van der Waals surface area contributed by atoms with Crippen molar-refractivity contribution < 1.29 is 48.0 Å². The van der Waals surface area contributed by atoms with Crippen LogP contribution < -0.4 is 0 Å². The first-order valence-electron chi connectivity index (χ1n) is 0. The summed E-state index contributed by atoms with van der Waals surface area (Å²) in [5.41, 5.74) is 0. The third kappa shape index (κ3) is 9.27. The van der Waals surface area contributed by atoms with E-state index in [1.54, 1.807) is 0 Å². The molecular weight excluding hydrogens is 204 g/mol. The maximum absolute atomic E-state index is 0. The largest absolute Gasteiger partial charge is 0 e. The molecule has 0 saturated carbocycles. The normalized spacial score (nSPS) is 0. The Labute approximate surface area is 66.1 Å². The molecule has 4 heavy (non-hydrogen) atoms. The van der Waals surface area contributed by atoms with E-state index in [-0.39, 0.29) is 66.9 Å². The molecule has 0 spiro atoms. The minimum atomic E-state index is 0. The van der Waals surface area contributed by atoms with Gasteiger partial charge < -0.3 is 0 Å². The minimum absolute atomic E-state index is 0. The fourth-order valence-corrected chi connectivity index (χ4v) is 0. The summed E-state index contributed by atoms with van der Waals surface area (Å²) in [5.74, 6) is 0. The number of hydrogen-bond acceptors (Lipinski definition) is 0. The molecule has 0 fully saturated rings. The van der Waals surface area contributed by atoms with E-state index < -0.39 is 0 Å². The quantitative estimate of drug-likeness (QED) is 0.476. The molecule has 1 radical (unpaired) electrons. The van der Waals surface area contributed by atoms with Gasteiger partial charge in [0.25, 0.3) is 0 Å². The zero-order chi connectivity index (χ0) is 0. The average Bonchev–Trinajstić information content (AvgIpc) is 0. The Morgan fingerprint density at radius 3 is 0.750 bits per heavy atom. The summed E-state index contributed by atoms with van der Waals surface area (Å²) in [6.07, 6.45) is 0. The summed E-state index contributed by atoms with van der Waals surface area (Å²) in [6, 6.07) is 0. The van der Waals surface area contributed by atoms with E-state index in [4.69, 9.17) is 0 Å². The summed E-state index contributed by atoms with van der Waals surface area (Å²) < 4.78 is 0. The van der Waals surface area contributed by atoms with Gasteiger partial charge in [-0.05, 0) is 0 Å². The van der Waals surface area contributed by atoms with Crippen LogP contribution in [0.2, 0.25) is 0 Å². The molecular formula is H3F2LiTb. The zero-order valence-corrected chi connectivity index (χ0v) is 3.29. The molecule has 0 aliphatic rings. The maximum Gasteiger partial charge on any atom is 0 e. The van der Waals surface area contributed by atoms with Crippen LogP contribution in [0.5, 0.6) is 0 Å². The third-order valence-electron chi connectivity index (χ3n) is 0. The monoisotopic (exact) mass is 207 g/mol. The van der Waals surface area contributed by atoms with E-state index in [2.05, 4.69) is 0 Å². The first-order valence-corrected chi connectivity index (χ1v) is 0. The number of hydrogen-bond donors (Lipinski definition) is 0. The Hall–Kier alpha value is 1.74. The molecule has 0 aromatic heterocycles. The molecule has 0 unspecified atom stereocenters. The van der Waals surface area contributed by atoms with Gasteiger partial charge >= 0.3 is 18.9 Å². The summed E-state index contributed by atoms with van der Waals surface area (Å²) in [5, 5.41) is 0. The van der Waals surface area contributed by atoms with Gasteiger partial charge in [0.1, 0.15) is 0 Å². The van der Waals surface area contributed by atoms with Crippen LogP contribution in [-0.4, -0.2) is 18.9 Å². The zero-order valence-electron chi connectivity index (χ0n) is 1.15. The number of rotatable bonds is 0. The molecule has 0 amide bonds. The van der Waals surface area contributed by atoms with Crippen molar-refractivity contribution >= 4 is 18.9 Å². The van der Waals surface area contributed by atoms with Gasteiger partial charge in [-0.15, -0.1) is 0 Å². The molecule has 0 rings (SSSR count). The van der Waals surface area contributed by atoms with E-state index in [1.807, 2.05) is 0 Å². The van der Waals surface area contributed by atoms with Crippen LogP contribution in [0.1, 0.15) is 0 Å². The molecule has 27 valence electrons. The van der Waals surface area contributed by atoms with Gasteiger partial charge in [-0.2, -0.15) is 0 Å². The van der Waals surface area contributed by atoms with Crippen molar-refractivity contribution in [2.24, 2.45) is 0 Å². The van der Waals surface area contributed by atoms with E-state index in [1.165, 1.54) is 0 Å². The second-order valence-electron chi connectivity index (χ2n) is 0. The predicted octanol–water partition coefficient (Wildman–Crippen LogP) is -0.343. The molecule has 0 aliphatic carbocycles. The second kappa shape index (κ2) is 21.9. The standard InChI is InChI=1S/2FH.Li.Tb.H/h2*1H;;;. The van der Waals surface area contributed by atoms with Crippen molar-refractivity contribution in [1.82, 2.24) is 0 Å². The van der Waals surface area contributed by atoms with Crippen LogP contribution in [-0.2, 0) is 0 Å². The van der Waals surface area contributed by atoms with Crippen molar-refractivity contribution in [3.8, 4) is 0 Å². The fourth-order valence-electron chi connectivity index (χ4n) is 0.